The average Bonchev–Trinajstić information content (AvgIpc) is 3.00. The second kappa shape index (κ2) is 8.33. The summed E-state index contributed by atoms with van der Waals surface area (Å²) in [7, 11) is 2.11. The van der Waals surface area contributed by atoms with E-state index in [9.17, 15) is 19.7 Å². The van der Waals surface area contributed by atoms with Crippen LogP contribution in [0.15, 0.2) is 41.3 Å². The van der Waals surface area contributed by atoms with Gasteiger partial charge in [-0.3, -0.25) is 24.6 Å². The Kier molecular flexibility index (Phi) is 5.82. The van der Waals surface area contributed by atoms with Crippen LogP contribution in [0.3, 0.4) is 0 Å². The van der Waals surface area contributed by atoms with E-state index in [0.29, 0.717) is 16.4 Å². The minimum atomic E-state index is -0.490. The molecule has 33 heavy (non-hydrogen) atoms. The monoisotopic (exact) mass is 465 g/mol. The molecule has 0 spiro atoms. The summed E-state index contributed by atoms with van der Waals surface area (Å²) in [5.74, 6) is 0.00260. The van der Waals surface area contributed by atoms with E-state index in [-0.39, 0.29) is 28.9 Å². The molecule has 4 rings (SSSR count). The minimum Gasteiger partial charge on any atom is -0.369 e. The van der Waals surface area contributed by atoms with E-state index in [2.05, 4.69) is 44.9 Å². The van der Waals surface area contributed by atoms with Gasteiger partial charge >= 0.3 is 0 Å². The highest BCUT2D eigenvalue weighted by atomic mass is 32.2. The molecular formula is C25H27N3O4S. The number of nitro groups is 1. The number of thioether (sulfide) groups is 1. The molecule has 1 fully saturated rings. The minimum absolute atomic E-state index is 0.00374. The van der Waals surface area contributed by atoms with E-state index in [1.54, 1.807) is 18.2 Å². The number of non-ortho nitro benzene ring substituents is 1. The van der Waals surface area contributed by atoms with E-state index in [4.69, 9.17) is 0 Å². The van der Waals surface area contributed by atoms with Gasteiger partial charge in [0.25, 0.3) is 16.8 Å². The molecule has 2 aromatic carbocycles. The van der Waals surface area contributed by atoms with Gasteiger partial charge in [-0.25, -0.2) is 0 Å². The molecule has 0 saturated carbocycles. The van der Waals surface area contributed by atoms with Gasteiger partial charge < -0.3 is 4.90 Å². The standard InChI is InChI=1S/C25H27N3O4S/c1-15-9-21-20(16(2)13-25(3,4)26(21)5)11-18(15)12-22-23(29)27(24(30)33-22)14-17-7-6-8-19(10-17)28(31)32/h6-12,16H,13-14H2,1-5H3/b22-12+. The van der Waals surface area contributed by atoms with Crippen LogP contribution in [0.25, 0.3) is 6.08 Å². The van der Waals surface area contributed by atoms with Crippen molar-refractivity contribution in [2.75, 3.05) is 11.9 Å². The Morgan fingerprint density at radius 1 is 1.24 bits per heavy atom. The lowest BCUT2D eigenvalue weighted by Gasteiger charge is -2.45. The van der Waals surface area contributed by atoms with Gasteiger partial charge in [0, 0.05) is 30.4 Å². The number of fused-ring (bicyclic) bond motifs is 1. The number of hydrogen-bond donors (Lipinski definition) is 0. The molecule has 2 aliphatic rings. The molecule has 0 radical (unpaired) electrons. The highest BCUT2D eigenvalue weighted by Gasteiger charge is 2.37. The largest absolute Gasteiger partial charge is 0.369 e. The third-order valence-corrected chi connectivity index (χ3v) is 7.55. The van der Waals surface area contributed by atoms with Crippen LogP contribution in [0.1, 0.15) is 55.4 Å². The highest BCUT2D eigenvalue weighted by molar-refractivity contribution is 8.18. The molecule has 1 saturated heterocycles. The number of benzene rings is 2. The molecule has 0 aromatic heterocycles. The van der Waals surface area contributed by atoms with Crippen molar-refractivity contribution in [1.29, 1.82) is 0 Å². The van der Waals surface area contributed by atoms with Crippen LogP contribution in [0.2, 0.25) is 0 Å². The topological polar surface area (TPSA) is 83.8 Å². The number of hydrogen-bond acceptors (Lipinski definition) is 6. The predicted octanol–water partition coefficient (Wildman–Crippen LogP) is 5.86. The third kappa shape index (κ3) is 4.27. The molecule has 1 atom stereocenters. The van der Waals surface area contributed by atoms with Crippen molar-refractivity contribution in [3.05, 3.63) is 73.7 Å². The number of amides is 2. The smallest absolute Gasteiger partial charge is 0.293 e. The van der Waals surface area contributed by atoms with Crippen LogP contribution in [-0.4, -0.2) is 33.6 Å². The Labute approximate surface area is 197 Å². The second-order valence-corrected chi connectivity index (χ2v) is 10.4. The van der Waals surface area contributed by atoms with Gasteiger partial charge in [0.1, 0.15) is 0 Å². The second-order valence-electron chi connectivity index (χ2n) is 9.44. The molecule has 1 unspecified atom stereocenters. The highest BCUT2D eigenvalue weighted by Crippen LogP contribution is 2.44. The lowest BCUT2D eigenvalue weighted by molar-refractivity contribution is -0.384. The molecule has 2 aromatic rings. The van der Waals surface area contributed by atoms with Crippen molar-refractivity contribution in [2.45, 2.75) is 52.1 Å². The van der Waals surface area contributed by atoms with Gasteiger partial charge in [-0.2, -0.15) is 0 Å². The van der Waals surface area contributed by atoms with E-state index < -0.39 is 4.92 Å². The number of anilines is 1. The fraction of sp³-hybridized carbons (Fsp3) is 0.360. The Hall–Kier alpha value is -3.13. The number of nitro benzene ring substituents is 1. The fourth-order valence-corrected chi connectivity index (χ4v) is 5.45. The van der Waals surface area contributed by atoms with Crippen LogP contribution in [0, 0.1) is 17.0 Å². The van der Waals surface area contributed by atoms with Gasteiger partial charge in [-0.15, -0.1) is 0 Å². The molecule has 172 valence electrons. The van der Waals surface area contributed by atoms with E-state index in [0.717, 1.165) is 34.2 Å². The summed E-state index contributed by atoms with van der Waals surface area (Å²) in [6, 6.07) is 10.3. The Morgan fingerprint density at radius 2 is 1.97 bits per heavy atom. The summed E-state index contributed by atoms with van der Waals surface area (Å²) in [6.45, 7) is 8.73. The van der Waals surface area contributed by atoms with Crippen molar-refractivity contribution in [1.82, 2.24) is 4.90 Å². The molecule has 0 N–H and O–H groups in total. The number of rotatable bonds is 4. The maximum Gasteiger partial charge on any atom is 0.293 e. The lowest BCUT2D eigenvalue weighted by atomic mass is 9.79. The van der Waals surface area contributed by atoms with Crippen LogP contribution in [0.5, 0.6) is 0 Å². The molecule has 0 bridgehead atoms. The Bertz CT molecular complexity index is 1200. The molecule has 2 amide bonds. The summed E-state index contributed by atoms with van der Waals surface area (Å²) >= 11 is 0.908. The van der Waals surface area contributed by atoms with Crippen molar-refractivity contribution in [3.8, 4) is 0 Å². The SMILES string of the molecule is Cc1cc2c(cc1/C=C1/SC(=O)N(Cc3cccc([N+](=O)[O-])c3)C1=O)C(C)CC(C)(C)N2C. The maximum atomic E-state index is 13.0. The van der Waals surface area contributed by atoms with Crippen LogP contribution in [-0.2, 0) is 11.3 Å². The number of carbonyl (C=O) groups excluding carboxylic acids is 2. The number of aryl methyl sites for hydroxylation is 1. The zero-order chi connectivity index (χ0) is 24.1. The number of carbonyl (C=O) groups is 2. The van der Waals surface area contributed by atoms with Crippen molar-refractivity contribution in [2.24, 2.45) is 0 Å². The maximum absolute atomic E-state index is 13.0. The first-order valence-corrected chi connectivity index (χ1v) is 11.7. The first-order chi connectivity index (χ1) is 15.5. The summed E-state index contributed by atoms with van der Waals surface area (Å²) in [5.41, 5.74) is 4.94. The van der Waals surface area contributed by atoms with Crippen molar-refractivity contribution >= 4 is 40.4 Å². The van der Waals surface area contributed by atoms with Gasteiger partial charge in [0.05, 0.1) is 16.4 Å². The average molecular weight is 466 g/mol. The molecule has 8 heteroatoms. The Morgan fingerprint density at radius 3 is 2.67 bits per heavy atom. The number of imide groups is 1. The zero-order valence-electron chi connectivity index (χ0n) is 19.4. The summed E-state index contributed by atoms with van der Waals surface area (Å²) < 4.78 is 0. The lowest BCUT2D eigenvalue weighted by Crippen LogP contribution is -2.45. The molecule has 7 nitrogen and oxygen atoms in total. The molecular weight excluding hydrogens is 438 g/mol. The van der Waals surface area contributed by atoms with Crippen LogP contribution >= 0.6 is 11.8 Å². The van der Waals surface area contributed by atoms with E-state index in [1.165, 1.54) is 23.4 Å². The predicted molar refractivity (Wildman–Crippen MR) is 131 cm³/mol. The van der Waals surface area contributed by atoms with Gasteiger partial charge in [-0.05, 0) is 85.3 Å². The molecule has 2 aliphatic heterocycles. The molecule has 0 aliphatic carbocycles. The fourth-order valence-electron chi connectivity index (χ4n) is 4.62. The van der Waals surface area contributed by atoms with E-state index in [1.807, 2.05) is 6.92 Å². The van der Waals surface area contributed by atoms with E-state index >= 15 is 0 Å². The molecule has 2 heterocycles. The number of nitrogens with zero attached hydrogens (tertiary/aromatic N) is 3. The van der Waals surface area contributed by atoms with Gasteiger partial charge in [0.15, 0.2) is 0 Å². The van der Waals surface area contributed by atoms with Crippen LogP contribution in [0.4, 0.5) is 16.2 Å². The summed E-state index contributed by atoms with van der Waals surface area (Å²) in [6.07, 6.45) is 2.82. The Balaban J connectivity index is 1.62. The van der Waals surface area contributed by atoms with Crippen molar-refractivity contribution in [3.63, 3.8) is 0 Å². The zero-order valence-corrected chi connectivity index (χ0v) is 20.2. The summed E-state index contributed by atoms with van der Waals surface area (Å²) in [4.78, 5) is 40.0. The first-order valence-electron chi connectivity index (χ1n) is 10.8. The van der Waals surface area contributed by atoms with Gasteiger partial charge in [-0.1, -0.05) is 19.1 Å². The first kappa shape index (κ1) is 23.0. The van der Waals surface area contributed by atoms with Gasteiger partial charge in [0.2, 0.25) is 0 Å². The van der Waals surface area contributed by atoms with Crippen molar-refractivity contribution < 1.29 is 14.5 Å². The normalized spacial score (nSPS) is 21.0. The third-order valence-electron chi connectivity index (χ3n) is 6.64. The quantitative estimate of drug-likeness (QED) is 0.319. The summed E-state index contributed by atoms with van der Waals surface area (Å²) in [5, 5.41) is 10.7. The van der Waals surface area contributed by atoms with Crippen LogP contribution < -0.4 is 4.90 Å².